The highest BCUT2D eigenvalue weighted by molar-refractivity contribution is 6.11. The van der Waals surface area contributed by atoms with Crippen LogP contribution in [0.3, 0.4) is 0 Å². The lowest BCUT2D eigenvalue weighted by Gasteiger charge is -2.47. The van der Waals surface area contributed by atoms with Gasteiger partial charge in [-0.25, -0.2) is 4.79 Å². The standard InChI is InChI=1S/C24H33N3O8/c1-17(28)24(12-11-19(29)33-5)21(31)26(15-20(30)35-23(2,3)4)13-14-27(24)25-22(32)34-16-18-9-7-6-8-10-18/h6-10H,11-16H2,1-5H3,(H,25,32). The number of hydrazine groups is 1. The summed E-state index contributed by atoms with van der Waals surface area (Å²) in [6.07, 6.45) is -1.40. The fourth-order valence-electron chi connectivity index (χ4n) is 3.73. The lowest BCUT2D eigenvalue weighted by atomic mass is 9.85. The van der Waals surface area contributed by atoms with Crippen LogP contribution in [0.2, 0.25) is 0 Å². The molecular formula is C24H33N3O8. The van der Waals surface area contributed by atoms with Crippen LogP contribution in [0.5, 0.6) is 0 Å². The van der Waals surface area contributed by atoms with Crippen molar-refractivity contribution >= 4 is 29.7 Å². The van der Waals surface area contributed by atoms with Crippen molar-refractivity contribution in [2.45, 2.75) is 58.3 Å². The zero-order valence-electron chi connectivity index (χ0n) is 20.8. The molecule has 2 rings (SSSR count). The van der Waals surface area contributed by atoms with Crippen molar-refractivity contribution < 1.29 is 38.2 Å². The number of benzene rings is 1. The number of rotatable bonds is 9. The van der Waals surface area contributed by atoms with E-state index in [0.717, 1.165) is 5.56 Å². The van der Waals surface area contributed by atoms with E-state index in [9.17, 15) is 24.0 Å². The molecule has 1 N–H and O–H groups in total. The van der Waals surface area contributed by atoms with Gasteiger partial charge in [-0.2, -0.15) is 5.01 Å². The quantitative estimate of drug-likeness (QED) is 0.311. The Labute approximate surface area is 204 Å². The summed E-state index contributed by atoms with van der Waals surface area (Å²) in [7, 11) is 1.19. The van der Waals surface area contributed by atoms with Crippen molar-refractivity contribution in [1.29, 1.82) is 0 Å². The monoisotopic (exact) mass is 491 g/mol. The first kappa shape index (κ1) is 27.8. The number of nitrogens with zero attached hydrogens (tertiary/aromatic N) is 2. The fraction of sp³-hybridized carbons (Fsp3) is 0.542. The molecule has 1 heterocycles. The molecule has 0 bridgehead atoms. The number of carbonyl (C=O) groups is 5. The van der Waals surface area contributed by atoms with Gasteiger partial charge in [0.15, 0.2) is 11.3 Å². The van der Waals surface area contributed by atoms with Gasteiger partial charge in [-0.15, -0.1) is 0 Å². The maximum Gasteiger partial charge on any atom is 0.422 e. The van der Waals surface area contributed by atoms with Gasteiger partial charge in [-0.3, -0.25) is 24.6 Å². The van der Waals surface area contributed by atoms with Gasteiger partial charge in [-0.1, -0.05) is 30.3 Å². The van der Waals surface area contributed by atoms with E-state index in [-0.39, 0.29) is 39.1 Å². The Balaban J connectivity index is 2.24. The van der Waals surface area contributed by atoms with Gasteiger partial charge in [0.1, 0.15) is 18.8 Å². The predicted octanol–water partition coefficient (Wildman–Crippen LogP) is 1.59. The number of ether oxygens (including phenoxy) is 3. The highest BCUT2D eigenvalue weighted by Gasteiger charge is 2.54. The highest BCUT2D eigenvalue weighted by Crippen LogP contribution is 2.29. The van der Waals surface area contributed by atoms with Gasteiger partial charge in [0.05, 0.1) is 7.11 Å². The van der Waals surface area contributed by atoms with Crippen LogP contribution >= 0.6 is 0 Å². The topological polar surface area (TPSA) is 132 Å². The van der Waals surface area contributed by atoms with Gasteiger partial charge < -0.3 is 19.1 Å². The summed E-state index contributed by atoms with van der Waals surface area (Å²) in [5, 5.41) is 1.18. The Hall–Kier alpha value is -3.47. The minimum atomic E-state index is -1.93. The van der Waals surface area contributed by atoms with E-state index in [1.54, 1.807) is 45.0 Å². The van der Waals surface area contributed by atoms with Crippen LogP contribution in [-0.2, 0) is 40.0 Å². The number of hydrogen-bond acceptors (Lipinski definition) is 9. The normalized spacial score (nSPS) is 18.5. The third-order valence-electron chi connectivity index (χ3n) is 5.38. The van der Waals surface area contributed by atoms with Crippen molar-refractivity contribution in [3.63, 3.8) is 0 Å². The first-order valence-corrected chi connectivity index (χ1v) is 11.2. The van der Waals surface area contributed by atoms with Crippen molar-refractivity contribution in [1.82, 2.24) is 15.3 Å². The van der Waals surface area contributed by atoms with Crippen molar-refractivity contribution in [2.24, 2.45) is 0 Å². The number of esters is 2. The Morgan fingerprint density at radius 2 is 1.71 bits per heavy atom. The lowest BCUT2D eigenvalue weighted by molar-refractivity contribution is -0.170. The summed E-state index contributed by atoms with van der Waals surface area (Å²) in [6, 6.07) is 8.99. The molecule has 0 aliphatic carbocycles. The molecule has 1 unspecified atom stereocenters. The molecule has 0 spiro atoms. The number of piperazine rings is 1. The molecule has 0 aromatic heterocycles. The largest absolute Gasteiger partial charge is 0.469 e. The molecular weight excluding hydrogens is 458 g/mol. The molecule has 0 radical (unpaired) electrons. The van der Waals surface area contributed by atoms with Crippen LogP contribution in [0.1, 0.15) is 46.1 Å². The number of methoxy groups -OCH3 is 1. The molecule has 1 saturated heterocycles. The van der Waals surface area contributed by atoms with Crippen LogP contribution < -0.4 is 5.43 Å². The second-order valence-corrected chi connectivity index (χ2v) is 9.13. The zero-order chi connectivity index (χ0) is 26.2. The van der Waals surface area contributed by atoms with E-state index in [0.29, 0.717) is 0 Å². The molecule has 11 heteroatoms. The molecule has 1 aliphatic rings. The summed E-state index contributed by atoms with van der Waals surface area (Å²) in [5.41, 5.74) is 0.550. The third kappa shape index (κ3) is 7.51. The molecule has 11 nitrogen and oxygen atoms in total. The average molecular weight is 492 g/mol. The molecule has 1 aromatic rings. The van der Waals surface area contributed by atoms with Gasteiger partial charge in [-0.05, 0) is 39.7 Å². The van der Waals surface area contributed by atoms with E-state index < -0.39 is 40.9 Å². The predicted molar refractivity (Wildman–Crippen MR) is 124 cm³/mol. The Kier molecular flexibility index (Phi) is 9.35. The van der Waals surface area contributed by atoms with Gasteiger partial charge in [0.25, 0.3) is 5.91 Å². The second-order valence-electron chi connectivity index (χ2n) is 9.13. The number of hydrogen-bond donors (Lipinski definition) is 1. The molecule has 0 saturated carbocycles. The Morgan fingerprint density at radius 1 is 1.06 bits per heavy atom. The van der Waals surface area contributed by atoms with E-state index >= 15 is 0 Å². The minimum absolute atomic E-state index is 0.00965. The SMILES string of the molecule is COC(=O)CCC1(C(C)=O)C(=O)N(CC(=O)OC(C)(C)C)CCN1NC(=O)OCc1ccccc1. The summed E-state index contributed by atoms with van der Waals surface area (Å²) >= 11 is 0. The third-order valence-corrected chi connectivity index (χ3v) is 5.38. The van der Waals surface area contributed by atoms with Gasteiger partial charge in [0.2, 0.25) is 0 Å². The summed E-state index contributed by atoms with van der Waals surface area (Å²) in [5.74, 6) is -2.60. The zero-order valence-corrected chi connectivity index (χ0v) is 20.8. The van der Waals surface area contributed by atoms with Crippen LogP contribution in [0, 0.1) is 0 Å². The number of Topliss-reactive ketones (excluding diaryl/α,β-unsaturated/α-hetero) is 1. The summed E-state index contributed by atoms with van der Waals surface area (Å²) < 4.78 is 15.2. The van der Waals surface area contributed by atoms with E-state index in [4.69, 9.17) is 9.47 Å². The minimum Gasteiger partial charge on any atom is -0.469 e. The summed E-state index contributed by atoms with van der Waals surface area (Å²) in [6.45, 7) is 5.93. The van der Waals surface area contributed by atoms with Crippen molar-refractivity contribution in [3.8, 4) is 0 Å². The van der Waals surface area contributed by atoms with Crippen LogP contribution in [-0.4, -0.2) is 77.5 Å². The summed E-state index contributed by atoms with van der Waals surface area (Å²) in [4.78, 5) is 64.5. The Morgan fingerprint density at radius 3 is 2.29 bits per heavy atom. The molecule has 192 valence electrons. The smallest absolute Gasteiger partial charge is 0.422 e. The molecule has 1 fully saturated rings. The van der Waals surface area contributed by atoms with E-state index in [1.165, 1.54) is 23.9 Å². The number of carbonyl (C=O) groups excluding carboxylic acids is 5. The van der Waals surface area contributed by atoms with Crippen molar-refractivity contribution in [2.75, 3.05) is 26.7 Å². The molecule has 1 aromatic carbocycles. The maximum absolute atomic E-state index is 13.6. The van der Waals surface area contributed by atoms with Crippen molar-refractivity contribution in [3.05, 3.63) is 35.9 Å². The van der Waals surface area contributed by atoms with Crippen LogP contribution in [0.4, 0.5) is 4.79 Å². The number of amides is 2. The molecule has 1 atom stereocenters. The van der Waals surface area contributed by atoms with Crippen LogP contribution in [0.15, 0.2) is 30.3 Å². The highest BCUT2D eigenvalue weighted by atomic mass is 16.6. The first-order valence-electron chi connectivity index (χ1n) is 11.2. The van der Waals surface area contributed by atoms with Gasteiger partial charge >= 0.3 is 18.0 Å². The molecule has 1 aliphatic heterocycles. The fourth-order valence-corrected chi connectivity index (χ4v) is 3.73. The Bertz CT molecular complexity index is 944. The van der Waals surface area contributed by atoms with E-state index in [2.05, 4.69) is 10.2 Å². The van der Waals surface area contributed by atoms with Crippen LogP contribution in [0.25, 0.3) is 0 Å². The average Bonchev–Trinajstić information content (AvgIpc) is 2.78. The first-order chi connectivity index (χ1) is 16.4. The number of ketones is 1. The second kappa shape index (κ2) is 11.8. The molecule has 2 amide bonds. The maximum atomic E-state index is 13.6. The number of nitrogens with one attached hydrogen (secondary N) is 1. The van der Waals surface area contributed by atoms with E-state index in [1.807, 2.05) is 6.07 Å². The van der Waals surface area contributed by atoms with Gasteiger partial charge in [0, 0.05) is 19.5 Å². The molecule has 35 heavy (non-hydrogen) atoms. The lowest BCUT2D eigenvalue weighted by Crippen LogP contribution is -2.73.